The van der Waals surface area contributed by atoms with Gasteiger partial charge in [0.15, 0.2) is 0 Å². The van der Waals surface area contributed by atoms with Crippen molar-refractivity contribution in [2.75, 3.05) is 0 Å². The fourth-order valence-corrected chi connectivity index (χ4v) is 1.40. The van der Waals surface area contributed by atoms with Crippen LogP contribution < -0.4 is 0 Å². The van der Waals surface area contributed by atoms with Crippen LogP contribution in [0.5, 0.6) is 0 Å². The summed E-state index contributed by atoms with van der Waals surface area (Å²) in [5.41, 5.74) is 0. The van der Waals surface area contributed by atoms with E-state index < -0.39 is 0 Å². The zero-order chi connectivity index (χ0) is 7.72. The third-order valence-electron chi connectivity index (χ3n) is 1.86. The third-order valence-corrected chi connectivity index (χ3v) is 1.86. The molecule has 0 aromatic heterocycles. The molecule has 1 fully saturated rings. The molecule has 0 aliphatic heterocycles. The molecule has 0 N–H and O–H groups in total. The Hall–Kier alpha value is -0.530. The van der Waals surface area contributed by atoms with Crippen LogP contribution in [-0.4, -0.2) is 22.9 Å². The summed E-state index contributed by atoms with van der Waals surface area (Å²) >= 11 is 0. The first-order valence-electron chi connectivity index (χ1n) is 3.92. The van der Waals surface area contributed by atoms with E-state index in [-0.39, 0.29) is 5.91 Å². The van der Waals surface area contributed by atoms with Gasteiger partial charge in [-0.1, -0.05) is 0 Å². The Morgan fingerprint density at radius 2 is 2.00 bits per heavy atom. The van der Waals surface area contributed by atoms with E-state index in [1.807, 2.05) is 4.90 Å². The minimum absolute atomic E-state index is 0.220. The predicted molar refractivity (Wildman–Crippen MR) is 40.7 cm³/mol. The minimum Gasteiger partial charge on any atom is -0.338 e. The summed E-state index contributed by atoms with van der Waals surface area (Å²) < 4.78 is 0. The van der Waals surface area contributed by atoms with Crippen molar-refractivity contribution >= 4 is 5.91 Å². The molecule has 1 aliphatic carbocycles. The maximum atomic E-state index is 11.0. The predicted octanol–water partition coefficient (Wildman–Crippen LogP) is 1.41. The highest BCUT2D eigenvalue weighted by atomic mass is 16.2. The number of nitrogens with zero attached hydrogens (tertiary/aromatic N) is 1. The number of hydrogen-bond acceptors (Lipinski definition) is 1. The Morgan fingerprint density at radius 1 is 1.50 bits per heavy atom. The number of rotatable bonds is 2. The van der Waals surface area contributed by atoms with E-state index in [1.165, 1.54) is 12.8 Å². The largest absolute Gasteiger partial charge is 0.338 e. The highest BCUT2D eigenvalue weighted by Crippen LogP contribution is 2.28. The van der Waals surface area contributed by atoms with Crippen LogP contribution in [0.25, 0.3) is 0 Å². The van der Waals surface area contributed by atoms with Crippen molar-refractivity contribution in [3.05, 3.63) is 0 Å². The maximum absolute atomic E-state index is 11.0. The molecule has 0 aromatic rings. The van der Waals surface area contributed by atoms with Crippen LogP contribution in [0.1, 0.15) is 33.6 Å². The van der Waals surface area contributed by atoms with Crippen LogP contribution in [0.2, 0.25) is 0 Å². The molecule has 0 spiro atoms. The third kappa shape index (κ3) is 1.49. The molecule has 1 amide bonds. The smallest absolute Gasteiger partial charge is 0.219 e. The monoisotopic (exact) mass is 141 g/mol. The van der Waals surface area contributed by atoms with Gasteiger partial charge < -0.3 is 4.90 Å². The molecule has 58 valence electrons. The molecular formula is C8H15NO. The summed E-state index contributed by atoms with van der Waals surface area (Å²) in [7, 11) is 0. The Kier molecular flexibility index (Phi) is 1.97. The summed E-state index contributed by atoms with van der Waals surface area (Å²) in [6, 6.07) is 0.947. The van der Waals surface area contributed by atoms with Crippen molar-refractivity contribution in [1.29, 1.82) is 0 Å². The van der Waals surface area contributed by atoms with E-state index in [9.17, 15) is 4.79 Å². The van der Waals surface area contributed by atoms with Crippen molar-refractivity contribution in [2.24, 2.45) is 0 Å². The fourth-order valence-electron chi connectivity index (χ4n) is 1.40. The molecule has 0 heterocycles. The fraction of sp³-hybridized carbons (Fsp3) is 0.875. The first-order valence-corrected chi connectivity index (χ1v) is 3.92. The van der Waals surface area contributed by atoms with E-state index in [1.54, 1.807) is 6.92 Å². The molecule has 0 atom stereocenters. The minimum atomic E-state index is 0.220. The lowest BCUT2D eigenvalue weighted by Crippen LogP contribution is -2.36. The summed E-state index contributed by atoms with van der Waals surface area (Å²) in [5.74, 6) is 0.220. The molecule has 10 heavy (non-hydrogen) atoms. The number of carbonyl (C=O) groups is 1. The number of hydrogen-bond donors (Lipinski definition) is 0. The lowest BCUT2D eigenvalue weighted by atomic mass is 10.3. The quantitative estimate of drug-likeness (QED) is 0.569. The van der Waals surface area contributed by atoms with Gasteiger partial charge in [-0.05, 0) is 26.7 Å². The van der Waals surface area contributed by atoms with Crippen LogP contribution in [0.15, 0.2) is 0 Å². The van der Waals surface area contributed by atoms with Crippen molar-refractivity contribution in [1.82, 2.24) is 4.90 Å². The number of carbonyl (C=O) groups excluding carboxylic acids is 1. The SMILES string of the molecule is CC(=O)N(C(C)C)C1CC1. The highest BCUT2D eigenvalue weighted by molar-refractivity contribution is 5.74. The Bertz CT molecular complexity index is 136. The molecule has 1 rings (SSSR count). The Balaban J connectivity index is 2.49. The van der Waals surface area contributed by atoms with Crippen LogP contribution >= 0.6 is 0 Å². The van der Waals surface area contributed by atoms with E-state index in [0.29, 0.717) is 12.1 Å². The molecular weight excluding hydrogens is 126 g/mol. The summed E-state index contributed by atoms with van der Waals surface area (Å²) in [5, 5.41) is 0. The Labute approximate surface area is 62.2 Å². The van der Waals surface area contributed by atoms with E-state index in [4.69, 9.17) is 0 Å². The molecule has 1 saturated carbocycles. The van der Waals surface area contributed by atoms with Gasteiger partial charge in [-0.3, -0.25) is 4.79 Å². The van der Waals surface area contributed by atoms with Gasteiger partial charge in [0.1, 0.15) is 0 Å². The molecule has 0 bridgehead atoms. The first kappa shape index (κ1) is 7.58. The van der Waals surface area contributed by atoms with Gasteiger partial charge >= 0.3 is 0 Å². The number of amides is 1. The van der Waals surface area contributed by atoms with Crippen molar-refractivity contribution in [3.63, 3.8) is 0 Å². The molecule has 1 aliphatic rings. The maximum Gasteiger partial charge on any atom is 0.219 e. The normalized spacial score (nSPS) is 17.6. The van der Waals surface area contributed by atoms with Gasteiger partial charge in [-0.25, -0.2) is 0 Å². The van der Waals surface area contributed by atoms with Gasteiger partial charge in [-0.2, -0.15) is 0 Å². The van der Waals surface area contributed by atoms with Gasteiger partial charge in [-0.15, -0.1) is 0 Å². The van der Waals surface area contributed by atoms with E-state index in [2.05, 4.69) is 13.8 Å². The molecule has 0 aromatic carbocycles. The topological polar surface area (TPSA) is 20.3 Å². The lowest BCUT2D eigenvalue weighted by Gasteiger charge is -2.24. The van der Waals surface area contributed by atoms with Crippen molar-refractivity contribution in [2.45, 2.75) is 45.7 Å². The Morgan fingerprint density at radius 3 is 2.10 bits per heavy atom. The highest BCUT2D eigenvalue weighted by Gasteiger charge is 2.32. The van der Waals surface area contributed by atoms with Crippen molar-refractivity contribution < 1.29 is 4.79 Å². The van der Waals surface area contributed by atoms with E-state index in [0.717, 1.165) is 0 Å². The zero-order valence-electron chi connectivity index (χ0n) is 6.92. The second kappa shape index (κ2) is 2.60. The molecule has 0 unspecified atom stereocenters. The average Bonchev–Trinajstić information content (AvgIpc) is 2.46. The molecule has 0 saturated heterocycles. The zero-order valence-corrected chi connectivity index (χ0v) is 6.92. The van der Waals surface area contributed by atoms with Gasteiger partial charge in [0.25, 0.3) is 0 Å². The van der Waals surface area contributed by atoms with Gasteiger partial charge in [0.2, 0.25) is 5.91 Å². The second-order valence-corrected chi connectivity index (χ2v) is 3.25. The van der Waals surface area contributed by atoms with Gasteiger partial charge in [0, 0.05) is 19.0 Å². The van der Waals surface area contributed by atoms with Gasteiger partial charge in [0.05, 0.1) is 0 Å². The molecule has 0 radical (unpaired) electrons. The summed E-state index contributed by atoms with van der Waals surface area (Å²) in [6.45, 7) is 5.79. The molecule has 2 heteroatoms. The van der Waals surface area contributed by atoms with Crippen molar-refractivity contribution in [3.8, 4) is 0 Å². The van der Waals surface area contributed by atoms with E-state index >= 15 is 0 Å². The second-order valence-electron chi connectivity index (χ2n) is 3.25. The van der Waals surface area contributed by atoms with Crippen LogP contribution in [0.3, 0.4) is 0 Å². The standard InChI is InChI=1S/C8H15NO/c1-6(2)9(7(3)10)8-4-5-8/h6,8H,4-5H2,1-3H3. The molecule has 2 nitrogen and oxygen atoms in total. The van der Waals surface area contributed by atoms with Crippen LogP contribution in [0.4, 0.5) is 0 Å². The first-order chi connectivity index (χ1) is 4.63. The summed E-state index contributed by atoms with van der Waals surface area (Å²) in [4.78, 5) is 13.0. The summed E-state index contributed by atoms with van der Waals surface area (Å²) in [6.07, 6.45) is 2.41. The lowest BCUT2D eigenvalue weighted by molar-refractivity contribution is -0.131. The van der Waals surface area contributed by atoms with Crippen LogP contribution in [-0.2, 0) is 4.79 Å². The average molecular weight is 141 g/mol. The van der Waals surface area contributed by atoms with Crippen LogP contribution in [0, 0.1) is 0 Å².